The molecule has 0 radical (unpaired) electrons. The van der Waals surface area contributed by atoms with Gasteiger partial charge in [0.2, 0.25) is 5.88 Å². The van der Waals surface area contributed by atoms with E-state index in [-0.39, 0.29) is 12.3 Å². The van der Waals surface area contributed by atoms with E-state index in [0.717, 1.165) is 16.7 Å². The number of nitrogens with zero attached hydrogens (tertiary/aromatic N) is 1. The first-order valence-electron chi connectivity index (χ1n) is 10.2. The fourth-order valence-corrected chi connectivity index (χ4v) is 3.72. The van der Waals surface area contributed by atoms with Gasteiger partial charge in [-0.2, -0.15) is 5.26 Å². The first kappa shape index (κ1) is 21.8. The van der Waals surface area contributed by atoms with Crippen LogP contribution >= 0.6 is 0 Å². The number of fused-ring (bicyclic) bond motifs is 1. The van der Waals surface area contributed by atoms with Gasteiger partial charge in [0.1, 0.15) is 34.6 Å². The molecule has 0 amide bonds. The highest BCUT2D eigenvalue weighted by Gasteiger charge is 2.31. The smallest absolute Gasteiger partial charge is 0.315 e. The number of nitrogens with two attached hydrogens (primary N) is 1. The second-order valence-corrected chi connectivity index (χ2v) is 7.40. The van der Waals surface area contributed by atoms with Crippen LogP contribution in [0, 0.1) is 11.3 Å². The lowest BCUT2D eigenvalue weighted by Crippen LogP contribution is -2.21. The molecular weight excluding hydrogens is 420 g/mol. The van der Waals surface area contributed by atoms with Gasteiger partial charge in [0.15, 0.2) is 0 Å². The lowest BCUT2D eigenvalue weighted by molar-refractivity contribution is -0.133. The molecule has 1 aliphatic heterocycles. The summed E-state index contributed by atoms with van der Waals surface area (Å²) in [6.45, 7) is 0. The van der Waals surface area contributed by atoms with Gasteiger partial charge >= 0.3 is 5.97 Å². The lowest BCUT2D eigenvalue weighted by Gasteiger charge is -2.26. The maximum absolute atomic E-state index is 12.4. The minimum Gasteiger partial charge on any atom is -0.497 e. The molecule has 1 heterocycles. The van der Waals surface area contributed by atoms with Crippen molar-refractivity contribution in [1.82, 2.24) is 0 Å². The minimum atomic E-state index is -0.413. The summed E-state index contributed by atoms with van der Waals surface area (Å²) < 4.78 is 21.6. The van der Waals surface area contributed by atoms with E-state index < -0.39 is 11.9 Å². The van der Waals surface area contributed by atoms with Gasteiger partial charge < -0.3 is 24.7 Å². The molecule has 0 bridgehead atoms. The van der Waals surface area contributed by atoms with E-state index in [1.54, 1.807) is 44.6 Å². The van der Waals surface area contributed by atoms with Gasteiger partial charge in [0.05, 0.1) is 26.6 Å². The second-order valence-electron chi connectivity index (χ2n) is 7.40. The Morgan fingerprint density at radius 3 is 2.18 bits per heavy atom. The minimum absolute atomic E-state index is 0.0209. The third-order valence-corrected chi connectivity index (χ3v) is 5.38. The van der Waals surface area contributed by atoms with E-state index in [2.05, 4.69) is 6.07 Å². The Bertz CT molecular complexity index is 1240. The van der Waals surface area contributed by atoms with E-state index in [4.69, 9.17) is 24.7 Å². The zero-order chi connectivity index (χ0) is 23.4. The molecule has 0 saturated heterocycles. The van der Waals surface area contributed by atoms with Crippen LogP contribution in [0.15, 0.2) is 78.2 Å². The number of esters is 1. The SMILES string of the molecule is COc1ccc(CC(=O)Oc2ccc3c(c2)OC(N)=C(C#N)C3c2ccc(OC)cc2)cc1. The number of hydrogen-bond donors (Lipinski definition) is 1. The third-order valence-electron chi connectivity index (χ3n) is 5.38. The molecule has 0 aliphatic carbocycles. The number of hydrogen-bond acceptors (Lipinski definition) is 7. The summed E-state index contributed by atoms with van der Waals surface area (Å²) in [6, 6.07) is 21.8. The highest BCUT2D eigenvalue weighted by atomic mass is 16.5. The average Bonchev–Trinajstić information content (AvgIpc) is 2.83. The van der Waals surface area contributed by atoms with Gasteiger partial charge in [-0.25, -0.2) is 0 Å². The number of allylic oxidation sites excluding steroid dienone is 1. The standard InChI is InChI=1S/C26H22N2O5/c1-30-18-7-3-16(4-8-18)13-24(29)32-20-11-12-21-23(14-20)33-26(28)22(15-27)25(21)17-5-9-19(31-2)10-6-17/h3-12,14,25H,13,28H2,1-2H3. The Morgan fingerprint density at radius 2 is 1.58 bits per heavy atom. The first-order valence-corrected chi connectivity index (χ1v) is 10.2. The summed E-state index contributed by atoms with van der Waals surface area (Å²) in [4.78, 5) is 12.4. The summed E-state index contributed by atoms with van der Waals surface area (Å²) in [5.74, 6) is 1.38. The van der Waals surface area contributed by atoms with Gasteiger partial charge in [-0.3, -0.25) is 4.79 Å². The zero-order valence-corrected chi connectivity index (χ0v) is 18.2. The second kappa shape index (κ2) is 9.37. The van der Waals surface area contributed by atoms with Crippen LogP contribution < -0.4 is 24.7 Å². The maximum atomic E-state index is 12.4. The van der Waals surface area contributed by atoms with Crippen LogP contribution in [0.3, 0.4) is 0 Å². The number of benzene rings is 3. The zero-order valence-electron chi connectivity index (χ0n) is 18.2. The Labute approximate surface area is 191 Å². The van der Waals surface area contributed by atoms with Crippen LogP contribution in [-0.4, -0.2) is 20.2 Å². The molecule has 1 aliphatic rings. The molecule has 7 heteroatoms. The highest BCUT2D eigenvalue weighted by molar-refractivity contribution is 5.75. The van der Waals surface area contributed by atoms with Crippen LogP contribution in [0.25, 0.3) is 0 Å². The molecule has 3 aromatic carbocycles. The highest BCUT2D eigenvalue weighted by Crippen LogP contribution is 2.43. The molecule has 1 atom stereocenters. The van der Waals surface area contributed by atoms with Crippen LogP contribution in [0.2, 0.25) is 0 Å². The number of methoxy groups -OCH3 is 2. The van der Waals surface area contributed by atoms with Crippen molar-refractivity contribution >= 4 is 5.97 Å². The number of carbonyl (C=O) groups is 1. The van der Waals surface area contributed by atoms with Crippen molar-refractivity contribution in [3.8, 4) is 29.1 Å². The maximum Gasteiger partial charge on any atom is 0.315 e. The lowest BCUT2D eigenvalue weighted by atomic mass is 9.83. The van der Waals surface area contributed by atoms with Crippen molar-refractivity contribution < 1.29 is 23.7 Å². The molecule has 166 valence electrons. The molecule has 0 saturated carbocycles. The van der Waals surface area contributed by atoms with Crippen LogP contribution in [0.4, 0.5) is 0 Å². The summed E-state index contributed by atoms with van der Waals surface area (Å²) in [5, 5.41) is 9.70. The fourth-order valence-electron chi connectivity index (χ4n) is 3.72. The largest absolute Gasteiger partial charge is 0.497 e. The Hall–Kier alpha value is -4.44. The van der Waals surface area contributed by atoms with Crippen molar-refractivity contribution in [3.05, 3.63) is 94.9 Å². The summed E-state index contributed by atoms with van der Waals surface area (Å²) >= 11 is 0. The average molecular weight is 442 g/mol. The first-order chi connectivity index (χ1) is 16.0. The van der Waals surface area contributed by atoms with Crippen molar-refractivity contribution in [2.24, 2.45) is 5.73 Å². The molecule has 0 fully saturated rings. The summed E-state index contributed by atoms with van der Waals surface area (Å²) in [5.41, 5.74) is 8.80. The van der Waals surface area contributed by atoms with E-state index in [1.807, 2.05) is 36.4 Å². The molecule has 2 N–H and O–H groups in total. The molecule has 0 spiro atoms. The van der Waals surface area contributed by atoms with Gasteiger partial charge in [-0.1, -0.05) is 30.3 Å². The van der Waals surface area contributed by atoms with Gasteiger partial charge in [0, 0.05) is 11.6 Å². The molecule has 3 aromatic rings. The van der Waals surface area contributed by atoms with E-state index in [0.29, 0.717) is 28.6 Å². The van der Waals surface area contributed by atoms with Crippen LogP contribution in [0.1, 0.15) is 22.6 Å². The quantitative estimate of drug-likeness (QED) is 0.453. The predicted molar refractivity (Wildman–Crippen MR) is 121 cm³/mol. The van der Waals surface area contributed by atoms with Crippen molar-refractivity contribution in [2.75, 3.05) is 14.2 Å². The monoisotopic (exact) mass is 442 g/mol. The molecule has 4 rings (SSSR count). The normalized spacial score (nSPS) is 14.5. The van der Waals surface area contributed by atoms with Crippen LogP contribution in [0.5, 0.6) is 23.0 Å². The van der Waals surface area contributed by atoms with E-state index in [9.17, 15) is 10.1 Å². The number of nitriles is 1. The van der Waals surface area contributed by atoms with Crippen molar-refractivity contribution in [3.63, 3.8) is 0 Å². The van der Waals surface area contributed by atoms with E-state index >= 15 is 0 Å². The summed E-state index contributed by atoms with van der Waals surface area (Å²) in [7, 11) is 3.18. The molecule has 7 nitrogen and oxygen atoms in total. The Kier molecular flexibility index (Phi) is 6.18. The fraction of sp³-hybridized carbons (Fsp3) is 0.154. The van der Waals surface area contributed by atoms with Crippen molar-refractivity contribution in [1.29, 1.82) is 5.26 Å². The molecule has 33 heavy (non-hydrogen) atoms. The molecule has 1 unspecified atom stereocenters. The van der Waals surface area contributed by atoms with Crippen LogP contribution in [-0.2, 0) is 11.2 Å². The predicted octanol–water partition coefficient (Wildman–Crippen LogP) is 4.07. The number of carbonyl (C=O) groups excluding carboxylic acids is 1. The molecule has 0 aromatic heterocycles. The Morgan fingerprint density at radius 1 is 0.970 bits per heavy atom. The summed E-state index contributed by atoms with van der Waals surface area (Å²) in [6.07, 6.45) is 0.108. The third kappa shape index (κ3) is 4.60. The topological polar surface area (TPSA) is 104 Å². The van der Waals surface area contributed by atoms with Gasteiger partial charge in [-0.05, 0) is 41.5 Å². The van der Waals surface area contributed by atoms with E-state index in [1.165, 1.54) is 0 Å². The molecular formula is C26H22N2O5. The van der Waals surface area contributed by atoms with Gasteiger partial charge in [0.25, 0.3) is 0 Å². The Balaban J connectivity index is 1.57. The van der Waals surface area contributed by atoms with Gasteiger partial charge in [-0.15, -0.1) is 0 Å². The number of ether oxygens (including phenoxy) is 4. The van der Waals surface area contributed by atoms with Crippen molar-refractivity contribution in [2.45, 2.75) is 12.3 Å². The number of rotatable bonds is 6.